The van der Waals surface area contributed by atoms with Crippen LogP contribution in [0.1, 0.15) is 25.3 Å². The number of benzene rings is 1. The topological polar surface area (TPSA) is 55.0 Å². The van der Waals surface area contributed by atoms with Crippen molar-refractivity contribution in [1.82, 2.24) is 4.57 Å². The van der Waals surface area contributed by atoms with Gasteiger partial charge in [-0.15, -0.1) is 0 Å². The maximum Gasteiger partial charge on any atom is 0.268 e. The Hall–Kier alpha value is -2.54. The highest BCUT2D eigenvalue weighted by Crippen LogP contribution is 2.23. The molecule has 4 nitrogen and oxygen atoms in total. The zero-order valence-corrected chi connectivity index (χ0v) is 12.3. The molecule has 2 rings (SSSR count). The summed E-state index contributed by atoms with van der Waals surface area (Å²) in [5.41, 5.74) is 1.67. The first kappa shape index (κ1) is 14.9. The quantitative estimate of drug-likeness (QED) is 0.846. The normalized spacial score (nSPS) is 10.1. The first-order valence-corrected chi connectivity index (χ1v) is 6.99. The number of unbranched alkanes of at least 4 members (excludes halogenated alkanes) is 1. The van der Waals surface area contributed by atoms with E-state index in [2.05, 4.69) is 6.92 Å². The zero-order valence-electron chi connectivity index (χ0n) is 12.3. The van der Waals surface area contributed by atoms with Crippen LogP contribution in [0.5, 0.6) is 5.75 Å². The Morgan fingerprint density at radius 1 is 1.29 bits per heavy atom. The first-order valence-electron chi connectivity index (χ1n) is 6.99. The molecule has 0 aliphatic rings. The standard InChI is InChI=1S/C17H18N2O2/c1-3-4-10-19-16(9-8-14(12-18)17(19)20)13-6-5-7-15(11-13)21-2/h5-9,11H,3-4,10H2,1-2H3. The molecule has 21 heavy (non-hydrogen) atoms. The molecule has 0 radical (unpaired) electrons. The van der Waals surface area contributed by atoms with Gasteiger partial charge in [0.15, 0.2) is 0 Å². The number of nitrogens with zero attached hydrogens (tertiary/aromatic N) is 2. The van der Waals surface area contributed by atoms with E-state index in [0.717, 1.165) is 29.8 Å². The number of hydrogen-bond acceptors (Lipinski definition) is 3. The summed E-state index contributed by atoms with van der Waals surface area (Å²) in [7, 11) is 1.61. The van der Waals surface area contributed by atoms with Crippen molar-refractivity contribution in [2.45, 2.75) is 26.3 Å². The number of hydrogen-bond donors (Lipinski definition) is 0. The molecule has 0 aliphatic carbocycles. The first-order chi connectivity index (χ1) is 10.2. The second-order valence-electron chi connectivity index (χ2n) is 4.79. The molecule has 0 spiro atoms. The fourth-order valence-corrected chi connectivity index (χ4v) is 2.24. The molecular formula is C17H18N2O2. The molecule has 2 aromatic rings. The Morgan fingerprint density at radius 2 is 2.10 bits per heavy atom. The van der Waals surface area contributed by atoms with Crippen LogP contribution in [0.4, 0.5) is 0 Å². The van der Waals surface area contributed by atoms with E-state index in [1.54, 1.807) is 17.7 Å². The summed E-state index contributed by atoms with van der Waals surface area (Å²) in [5.74, 6) is 0.742. The van der Waals surface area contributed by atoms with Crippen LogP contribution in [-0.4, -0.2) is 11.7 Å². The largest absolute Gasteiger partial charge is 0.497 e. The fraction of sp³-hybridized carbons (Fsp3) is 0.294. The van der Waals surface area contributed by atoms with Crippen LogP contribution in [0.3, 0.4) is 0 Å². The number of rotatable bonds is 5. The molecule has 0 N–H and O–H groups in total. The molecule has 1 heterocycles. The minimum absolute atomic E-state index is 0.178. The Balaban J connectivity index is 2.59. The Labute approximate surface area is 124 Å². The Morgan fingerprint density at radius 3 is 2.76 bits per heavy atom. The minimum atomic E-state index is -0.230. The van der Waals surface area contributed by atoms with Crippen LogP contribution < -0.4 is 10.3 Å². The number of nitriles is 1. The summed E-state index contributed by atoms with van der Waals surface area (Å²) >= 11 is 0. The lowest BCUT2D eigenvalue weighted by Gasteiger charge is -2.13. The smallest absolute Gasteiger partial charge is 0.268 e. The summed E-state index contributed by atoms with van der Waals surface area (Å²) in [4.78, 5) is 12.4. The molecule has 0 saturated heterocycles. The van der Waals surface area contributed by atoms with Gasteiger partial charge >= 0.3 is 0 Å². The van der Waals surface area contributed by atoms with E-state index in [1.807, 2.05) is 36.4 Å². The van der Waals surface area contributed by atoms with Gasteiger partial charge in [0.2, 0.25) is 0 Å². The van der Waals surface area contributed by atoms with Crippen LogP contribution in [-0.2, 0) is 6.54 Å². The molecule has 1 aromatic carbocycles. The average Bonchev–Trinajstić information content (AvgIpc) is 2.53. The van der Waals surface area contributed by atoms with Crippen LogP contribution in [0.2, 0.25) is 0 Å². The van der Waals surface area contributed by atoms with E-state index in [0.29, 0.717) is 6.54 Å². The van der Waals surface area contributed by atoms with Crippen LogP contribution in [0.25, 0.3) is 11.3 Å². The minimum Gasteiger partial charge on any atom is -0.497 e. The molecule has 108 valence electrons. The van der Waals surface area contributed by atoms with Crippen molar-refractivity contribution in [3.05, 3.63) is 52.3 Å². The third-order valence-electron chi connectivity index (χ3n) is 3.40. The summed E-state index contributed by atoms with van der Waals surface area (Å²) in [6.45, 7) is 2.68. The van der Waals surface area contributed by atoms with Gasteiger partial charge in [-0.05, 0) is 30.7 Å². The van der Waals surface area contributed by atoms with E-state index >= 15 is 0 Å². The van der Waals surface area contributed by atoms with Crippen LogP contribution in [0, 0.1) is 11.3 Å². The Kier molecular flexibility index (Phi) is 4.78. The monoisotopic (exact) mass is 282 g/mol. The highest BCUT2D eigenvalue weighted by Gasteiger charge is 2.10. The van der Waals surface area contributed by atoms with E-state index < -0.39 is 0 Å². The maximum atomic E-state index is 12.4. The third-order valence-corrected chi connectivity index (χ3v) is 3.40. The van der Waals surface area contributed by atoms with Gasteiger partial charge in [-0.1, -0.05) is 25.5 Å². The lowest BCUT2D eigenvalue weighted by molar-refractivity contribution is 0.415. The van der Waals surface area contributed by atoms with Gasteiger partial charge in [0.25, 0.3) is 5.56 Å². The highest BCUT2D eigenvalue weighted by molar-refractivity contribution is 5.62. The van der Waals surface area contributed by atoms with E-state index in [9.17, 15) is 4.79 Å². The van der Waals surface area contributed by atoms with Gasteiger partial charge in [0, 0.05) is 12.1 Å². The van der Waals surface area contributed by atoms with E-state index in [1.165, 1.54) is 0 Å². The SMILES string of the molecule is CCCCn1c(-c2cccc(OC)c2)ccc(C#N)c1=O. The maximum absolute atomic E-state index is 12.4. The molecule has 0 aliphatic heterocycles. The Bertz CT molecular complexity index is 726. The van der Waals surface area contributed by atoms with Gasteiger partial charge < -0.3 is 9.30 Å². The number of pyridine rings is 1. The van der Waals surface area contributed by atoms with Gasteiger partial charge in [-0.2, -0.15) is 5.26 Å². The number of methoxy groups -OCH3 is 1. The highest BCUT2D eigenvalue weighted by atomic mass is 16.5. The van der Waals surface area contributed by atoms with Crippen molar-refractivity contribution in [2.24, 2.45) is 0 Å². The summed E-state index contributed by atoms with van der Waals surface area (Å²) in [5, 5.41) is 9.03. The molecule has 0 unspecified atom stereocenters. The van der Waals surface area contributed by atoms with Crippen LogP contribution in [0.15, 0.2) is 41.2 Å². The van der Waals surface area contributed by atoms with Crippen molar-refractivity contribution in [3.8, 4) is 23.1 Å². The van der Waals surface area contributed by atoms with Crippen molar-refractivity contribution in [2.75, 3.05) is 7.11 Å². The third kappa shape index (κ3) is 3.14. The van der Waals surface area contributed by atoms with Crippen LogP contribution >= 0.6 is 0 Å². The van der Waals surface area contributed by atoms with Gasteiger partial charge in [-0.25, -0.2) is 0 Å². The molecule has 0 saturated carbocycles. The van der Waals surface area contributed by atoms with Crippen molar-refractivity contribution < 1.29 is 4.74 Å². The lowest BCUT2D eigenvalue weighted by atomic mass is 10.1. The summed E-state index contributed by atoms with van der Waals surface area (Å²) < 4.78 is 6.91. The molecule has 1 aromatic heterocycles. The predicted octanol–water partition coefficient (Wildman–Crippen LogP) is 3.20. The lowest BCUT2D eigenvalue weighted by Crippen LogP contribution is -2.24. The van der Waals surface area contributed by atoms with Gasteiger partial charge in [-0.3, -0.25) is 4.79 Å². The summed E-state index contributed by atoms with van der Waals surface area (Å²) in [6, 6.07) is 12.9. The zero-order chi connectivity index (χ0) is 15.2. The van der Waals surface area contributed by atoms with E-state index in [-0.39, 0.29) is 11.1 Å². The number of ether oxygens (including phenoxy) is 1. The molecule has 0 amide bonds. The molecular weight excluding hydrogens is 264 g/mol. The fourth-order valence-electron chi connectivity index (χ4n) is 2.24. The van der Waals surface area contributed by atoms with Crippen molar-refractivity contribution in [1.29, 1.82) is 5.26 Å². The molecule has 0 atom stereocenters. The molecule has 4 heteroatoms. The van der Waals surface area contributed by atoms with Crippen molar-refractivity contribution >= 4 is 0 Å². The predicted molar refractivity (Wildman–Crippen MR) is 82.3 cm³/mol. The second-order valence-corrected chi connectivity index (χ2v) is 4.79. The summed E-state index contributed by atoms with van der Waals surface area (Å²) in [6.07, 6.45) is 1.88. The molecule has 0 bridgehead atoms. The molecule has 0 fully saturated rings. The second kappa shape index (κ2) is 6.76. The van der Waals surface area contributed by atoms with E-state index in [4.69, 9.17) is 10.00 Å². The van der Waals surface area contributed by atoms with Gasteiger partial charge in [0.05, 0.1) is 12.8 Å². The van der Waals surface area contributed by atoms with Gasteiger partial charge in [0.1, 0.15) is 17.4 Å². The average molecular weight is 282 g/mol. The number of aromatic nitrogens is 1. The van der Waals surface area contributed by atoms with Crippen molar-refractivity contribution in [3.63, 3.8) is 0 Å².